The molecule has 2 aromatic rings. The molecule has 0 bridgehead atoms. The molecule has 1 fully saturated rings. The third-order valence-corrected chi connectivity index (χ3v) is 5.24. The lowest BCUT2D eigenvalue weighted by Crippen LogP contribution is -2.41. The molecule has 0 atom stereocenters. The van der Waals surface area contributed by atoms with Crippen molar-refractivity contribution >= 4 is 23.5 Å². The molecule has 0 aliphatic carbocycles. The summed E-state index contributed by atoms with van der Waals surface area (Å²) in [5.41, 5.74) is 1.39. The van der Waals surface area contributed by atoms with Crippen LogP contribution in [0.15, 0.2) is 47.5 Å². The second-order valence-corrected chi connectivity index (χ2v) is 7.15. The summed E-state index contributed by atoms with van der Waals surface area (Å²) in [7, 11) is 0. The maximum Gasteiger partial charge on any atom is 0.241 e. The van der Waals surface area contributed by atoms with Crippen LogP contribution in [0.25, 0.3) is 0 Å². The summed E-state index contributed by atoms with van der Waals surface area (Å²) >= 11 is 1.55. The number of nitrogens with one attached hydrogen (secondary N) is 1. The lowest BCUT2D eigenvalue weighted by Gasteiger charge is -2.32. The number of nitrogens with zero attached hydrogens (tertiary/aromatic N) is 3. The number of anilines is 1. The van der Waals surface area contributed by atoms with E-state index >= 15 is 0 Å². The van der Waals surface area contributed by atoms with Crippen molar-refractivity contribution in [1.29, 1.82) is 0 Å². The maximum absolute atomic E-state index is 12.4. The quantitative estimate of drug-likeness (QED) is 0.806. The number of aromatic nitrogens is 2. The highest BCUT2D eigenvalue weighted by molar-refractivity contribution is 7.98. The molecule has 0 radical (unpaired) electrons. The van der Waals surface area contributed by atoms with E-state index in [2.05, 4.69) is 45.8 Å². The van der Waals surface area contributed by atoms with Crippen LogP contribution in [-0.4, -0.2) is 46.9 Å². The van der Waals surface area contributed by atoms with Crippen LogP contribution in [0.2, 0.25) is 0 Å². The predicted molar refractivity (Wildman–Crippen MR) is 102 cm³/mol. The summed E-state index contributed by atoms with van der Waals surface area (Å²) in [5.74, 6) is 1.45. The van der Waals surface area contributed by atoms with Crippen LogP contribution < -0.4 is 5.32 Å². The molecule has 6 heteroatoms. The Morgan fingerprint density at radius 3 is 2.56 bits per heavy atom. The van der Waals surface area contributed by atoms with Crippen molar-refractivity contribution in [2.45, 2.75) is 24.3 Å². The topological polar surface area (TPSA) is 58.1 Å². The van der Waals surface area contributed by atoms with Gasteiger partial charge in [0.1, 0.15) is 10.8 Å². The van der Waals surface area contributed by atoms with Crippen LogP contribution in [0.5, 0.6) is 0 Å². The minimum absolute atomic E-state index is 0.133. The number of likely N-dealkylation sites (tertiary alicyclic amines) is 1. The van der Waals surface area contributed by atoms with Gasteiger partial charge in [-0.15, -0.1) is 22.0 Å². The van der Waals surface area contributed by atoms with Gasteiger partial charge in [0.05, 0.1) is 6.54 Å². The number of piperidine rings is 1. The Morgan fingerprint density at radius 2 is 1.92 bits per heavy atom. The van der Waals surface area contributed by atoms with E-state index in [0.29, 0.717) is 11.7 Å². The fraction of sp³-hybridized carbons (Fsp3) is 0.421. The number of hydrogen-bond acceptors (Lipinski definition) is 5. The number of hydrogen-bond donors (Lipinski definition) is 1. The molecule has 1 aliphatic rings. The molecule has 25 heavy (non-hydrogen) atoms. The van der Waals surface area contributed by atoms with Crippen LogP contribution in [0.3, 0.4) is 0 Å². The Kier molecular flexibility index (Phi) is 6.28. The van der Waals surface area contributed by atoms with Gasteiger partial charge in [0.25, 0.3) is 0 Å². The standard InChI is InChI=1S/C19H24N4OS/c1-25-18-8-7-17(21-22-18)20-14-19(24)23-11-9-16(10-12-23)13-15-5-3-2-4-6-15/h2-8,16H,9-14H2,1H3,(H,20,21). The second-order valence-electron chi connectivity index (χ2n) is 6.33. The van der Waals surface area contributed by atoms with E-state index < -0.39 is 0 Å². The van der Waals surface area contributed by atoms with Crippen LogP contribution in [-0.2, 0) is 11.2 Å². The van der Waals surface area contributed by atoms with Gasteiger partial charge >= 0.3 is 0 Å². The van der Waals surface area contributed by atoms with E-state index in [1.165, 1.54) is 5.56 Å². The number of carbonyl (C=O) groups excluding carboxylic acids is 1. The van der Waals surface area contributed by atoms with Crippen LogP contribution >= 0.6 is 11.8 Å². The van der Waals surface area contributed by atoms with Gasteiger partial charge in [-0.3, -0.25) is 4.79 Å². The normalized spacial score (nSPS) is 15.2. The zero-order valence-electron chi connectivity index (χ0n) is 14.5. The monoisotopic (exact) mass is 356 g/mol. The van der Waals surface area contributed by atoms with Crippen LogP contribution in [0.1, 0.15) is 18.4 Å². The van der Waals surface area contributed by atoms with Crippen LogP contribution in [0, 0.1) is 5.92 Å². The van der Waals surface area contributed by atoms with Gasteiger partial charge in [0.15, 0.2) is 0 Å². The summed E-state index contributed by atoms with van der Waals surface area (Å²) in [5, 5.41) is 12.1. The zero-order valence-corrected chi connectivity index (χ0v) is 15.3. The van der Waals surface area contributed by atoms with E-state index in [1.54, 1.807) is 11.8 Å². The van der Waals surface area contributed by atoms with E-state index in [1.807, 2.05) is 23.3 Å². The molecular formula is C19H24N4OS. The molecule has 0 unspecified atom stereocenters. The number of thioether (sulfide) groups is 1. The van der Waals surface area contributed by atoms with Gasteiger partial charge in [0.2, 0.25) is 5.91 Å². The molecule has 3 rings (SSSR count). The fourth-order valence-electron chi connectivity index (χ4n) is 3.14. The van der Waals surface area contributed by atoms with Gasteiger partial charge in [-0.25, -0.2) is 0 Å². The average Bonchev–Trinajstić information content (AvgIpc) is 2.68. The van der Waals surface area contributed by atoms with Crippen molar-refractivity contribution in [3.05, 3.63) is 48.0 Å². The Hall–Kier alpha value is -2.08. The summed E-state index contributed by atoms with van der Waals surface area (Å²) in [4.78, 5) is 14.3. The summed E-state index contributed by atoms with van der Waals surface area (Å²) < 4.78 is 0. The number of benzene rings is 1. The van der Waals surface area contributed by atoms with Crippen molar-refractivity contribution in [3.63, 3.8) is 0 Å². The Labute approximate surface area is 153 Å². The Balaban J connectivity index is 1.41. The first-order chi connectivity index (χ1) is 12.2. The minimum Gasteiger partial charge on any atom is -0.360 e. The van der Waals surface area contributed by atoms with Crippen molar-refractivity contribution in [2.75, 3.05) is 31.2 Å². The summed E-state index contributed by atoms with van der Waals surface area (Å²) in [6.07, 6.45) is 5.21. The highest BCUT2D eigenvalue weighted by atomic mass is 32.2. The van der Waals surface area contributed by atoms with E-state index in [4.69, 9.17) is 0 Å². The number of amides is 1. The molecule has 1 saturated heterocycles. The third-order valence-electron chi connectivity index (χ3n) is 4.60. The number of rotatable bonds is 6. The molecule has 1 aromatic heterocycles. The highest BCUT2D eigenvalue weighted by Crippen LogP contribution is 2.21. The predicted octanol–water partition coefficient (Wildman–Crippen LogP) is 3.09. The molecule has 132 valence electrons. The van der Waals surface area contributed by atoms with E-state index in [-0.39, 0.29) is 12.5 Å². The smallest absolute Gasteiger partial charge is 0.241 e. The molecule has 5 nitrogen and oxygen atoms in total. The van der Waals surface area contributed by atoms with Crippen molar-refractivity contribution < 1.29 is 4.79 Å². The average molecular weight is 356 g/mol. The van der Waals surface area contributed by atoms with Gasteiger partial charge in [-0.2, -0.15) is 0 Å². The number of carbonyl (C=O) groups is 1. The molecule has 1 aliphatic heterocycles. The van der Waals surface area contributed by atoms with Crippen molar-refractivity contribution in [2.24, 2.45) is 5.92 Å². The molecule has 0 saturated carbocycles. The Bertz CT molecular complexity index is 670. The van der Waals surface area contributed by atoms with Crippen molar-refractivity contribution in [1.82, 2.24) is 15.1 Å². The van der Waals surface area contributed by atoms with Gasteiger partial charge in [-0.05, 0) is 49.1 Å². The molecular weight excluding hydrogens is 332 g/mol. The maximum atomic E-state index is 12.4. The van der Waals surface area contributed by atoms with E-state index in [0.717, 1.165) is 37.4 Å². The second kappa shape index (κ2) is 8.85. The molecule has 0 spiro atoms. The highest BCUT2D eigenvalue weighted by Gasteiger charge is 2.22. The van der Waals surface area contributed by atoms with Gasteiger partial charge < -0.3 is 10.2 Å². The largest absolute Gasteiger partial charge is 0.360 e. The fourth-order valence-corrected chi connectivity index (χ4v) is 3.46. The summed E-state index contributed by atoms with van der Waals surface area (Å²) in [6.45, 7) is 1.96. The first-order valence-corrected chi connectivity index (χ1v) is 9.90. The lowest BCUT2D eigenvalue weighted by atomic mass is 9.90. The van der Waals surface area contributed by atoms with Crippen molar-refractivity contribution in [3.8, 4) is 0 Å². The molecule has 2 heterocycles. The zero-order chi connectivity index (χ0) is 17.5. The Morgan fingerprint density at radius 1 is 1.16 bits per heavy atom. The molecule has 1 aromatic carbocycles. The van der Waals surface area contributed by atoms with Gasteiger partial charge in [-0.1, -0.05) is 30.3 Å². The lowest BCUT2D eigenvalue weighted by molar-refractivity contribution is -0.130. The minimum atomic E-state index is 0.133. The van der Waals surface area contributed by atoms with E-state index in [9.17, 15) is 4.79 Å². The summed E-state index contributed by atoms with van der Waals surface area (Å²) in [6, 6.07) is 14.4. The molecule has 1 amide bonds. The first kappa shape index (κ1) is 17.7. The molecule has 1 N–H and O–H groups in total. The third kappa shape index (κ3) is 5.19. The first-order valence-electron chi connectivity index (χ1n) is 8.68. The van der Waals surface area contributed by atoms with Gasteiger partial charge in [0, 0.05) is 13.1 Å². The SMILES string of the molecule is CSc1ccc(NCC(=O)N2CCC(Cc3ccccc3)CC2)nn1. The van der Waals surface area contributed by atoms with Crippen LogP contribution in [0.4, 0.5) is 5.82 Å².